The maximum atomic E-state index is 11.1. The molecule has 1 aromatic heterocycles. The van der Waals surface area contributed by atoms with E-state index in [2.05, 4.69) is 10.2 Å². The summed E-state index contributed by atoms with van der Waals surface area (Å²) in [4.78, 5) is 0. The van der Waals surface area contributed by atoms with Gasteiger partial charge in [0.1, 0.15) is 0 Å². The number of rotatable bonds is 1. The van der Waals surface area contributed by atoms with Crippen molar-refractivity contribution in [2.24, 2.45) is 0 Å². The fourth-order valence-corrected chi connectivity index (χ4v) is 1.99. The lowest BCUT2D eigenvalue weighted by atomic mass is 10.3. The van der Waals surface area contributed by atoms with Gasteiger partial charge in [-0.15, -0.1) is 0 Å². The third kappa shape index (κ3) is 1.12. The van der Waals surface area contributed by atoms with Crippen LogP contribution in [0.5, 0.6) is 0 Å². The summed E-state index contributed by atoms with van der Waals surface area (Å²) >= 11 is 0. The summed E-state index contributed by atoms with van der Waals surface area (Å²) in [6.45, 7) is 0.850. The van der Waals surface area contributed by atoms with Gasteiger partial charge in [-0.3, -0.25) is 5.10 Å². The molecule has 0 radical (unpaired) electrons. The number of H-pyrrole nitrogens is 1. The number of aromatic nitrogens is 2. The van der Waals surface area contributed by atoms with Crippen molar-refractivity contribution >= 4 is 10.0 Å². The number of aromatic amines is 1. The average molecular weight is 187 g/mol. The van der Waals surface area contributed by atoms with E-state index >= 15 is 0 Å². The van der Waals surface area contributed by atoms with Crippen molar-refractivity contribution in [1.82, 2.24) is 14.5 Å². The van der Waals surface area contributed by atoms with Crippen molar-refractivity contribution in [3.63, 3.8) is 0 Å². The second-order valence-corrected chi connectivity index (χ2v) is 4.87. The third-order valence-corrected chi connectivity index (χ3v) is 3.15. The molecule has 0 aromatic carbocycles. The van der Waals surface area contributed by atoms with E-state index in [-0.39, 0.29) is 0 Å². The van der Waals surface area contributed by atoms with E-state index in [1.807, 2.05) is 0 Å². The van der Waals surface area contributed by atoms with Crippen molar-refractivity contribution in [2.45, 2.75) is 13.1 Å². The Kier molecular flexibility index (Phi) is 1.49. The van der Waals surface area contributed by atoms with Gasteiger partial charge in [0, 0.05) is 18.3 Å². The molecule has 0 fully saturated rings. The van der Waals surface area contributed by atoms with Gasteiger partial charge in [-0.25, -0.2) is 8.42 Å². The molecular formula is C6H9N3O2S. The number of hydrogen-bond acceptors (Lipinski definition) is 3. The SMILES string of the molecule is CS(=O)(=O)N1Cc2c[nH]nc2C1. The van der Waals surface area contributed by atoms with E-state index in [0.29, 0.717) is 13.1 Å². The van der Waals surface area contributed by atoms with Crippen LogP contribution < -0.4 is 0 Å². The molecule has 6 heteroatoms. The van der Waals surface area contributed by atoms with Crippen LogP contribution in [0.1, 0.15) is 11.3 Å². The predicted octanol–water partition coefficient (Wildman–Crippen LogP) is -0.315. The van der Waals surface area contributed by atoms with E-state index in [1.54, 1.807) is 6.20 Å². The Morgan fingerprint density at radius 3 is 2.92 bits per heavy atom. The molecular weight excluding hydrogens is 178 g/mol. The van der Waals surface area contributed by atoms with E-state index in [1.165, 1.54) is 10.6 Å². The van der Waals surface area contributed by atoms with Crippen molar-refractivity contribution in [3.05, 3.63) is 17.5 Å². The van der Waals surface area contributed by atoms with Crippen LogP contribution in [-0.2, 0) is 23.1 Å². The molecule has 66 valence electrons. The molecule has 0 saturated heterocycles. The Bertz CT molecular complexity index is 374. The van der Waals surface area contributed by atoms with Crippen LogP contribution in [0.4, 0.5) is 0 Å². The lowest BCUT2D eigenvalue weighted by Gasteiger charge is -2.10. The standard InChI is InChI=1S/C6H9N3O2S/c1-12(10,11)9-3-5-2-7-8-6(5)4-9/h2H,3-4H2,1H3,(H,7,8). The summed E-state index contributed by atoms with van der Waals surface area (Å²) in [7, 11) is -3.06. The highest BCUT2D eigenvalue weighted by Crippen LogP contribution is 2.21. The van der Waals surface area contributed by atoms with Gasteiger partial charge in [-0.2, -0.15) is 9.40 Å². The van der Waals surface area contributed by atoms with Gasteiger partial charge < -0.3 is 0 Å². The van der Waals surface area contributed by atoms with Gasteiger partial charge in [0.25, 0.3) is 0 Å². The van der Waals surface area contributed by atoms with Gasteiger partial charge >= 0.3 is 0 Å². The number of nitrogens with zero attached hydrogens (tertiary/aromatic N) is 2. The van der Waals surface area contributed by atoms with E-state index in [9.17, 15) is 8.42 Å². The van der Waals surface area contributed by atoms with Crippen LogP contribution in [0.15, 0.2) is 6.20 Å². The second-order valence-electron chi connectivity index (χ2n) is 2.89. The molecule has 0 saturated carbocycles. The Balaban J connectivity index is 2.29. The summed E-state index contributed by atoms with van der Waals surface area (Å²) in [5.74, 6) is 0. The molecule has 1 N–H and O–H groups in total. The molecule has 0 amide bonds. The summed E-state index contributed by atoms with van der Waals surface area (Å²) in [5.41, 5.74) is 1.81. The molecule has 12 heavy (non-hydrogen) atoms. The molecule has 0 atom stereocenters. The maximum Gasteiger partial charge on any atom is 0.211 e. The van der Waals surface area contributed by atoms with Crippen LogP contribution in [0.3, 0.4) is 0 Å². The minimum Gasteiger partial charge on any atom is -0.285 e. The Morgan fingerprint density at radius 1 is 1.58 bits per heavy atom. The van der Waals surface area contributed by atoms with Crippen LogP contribution >= 0.6 is 0 Å². The summed E-state index contributed by atoms with van der Waals surface area (Å²) < 4.78 is 23.6. The largest absolute Gasteiger partial charge is 0.285 e. The molecule has 1 aromatic rings. The lowest BCUT2D eigenvalue weighted by molar-refractivity contribution is 0.431. The minimum atomic E-state index is -3.06. The molecule has 2 heterocycles. The highest BCUT2D eigenvalue weighted by Gasteiger charge is 2.27. The molecule has 0 aliphatic carbocycles. The quantitative estimate of drug-likeness (QED) is 0.655. The molecule has 0 spiro atoms. The van der Waals surface area contributed by atoms with E-state index in [4.69, 9.17) is 0 Å². The number of hydrogen-bond donors (Lipinski definition) is 1. The van der Waals surface area contributed by atoms with Crippen LogP contribution in [0.2, 0.25) is 0 Å². The first-order chi connectivity index (χ1) is 5.57. The zero-order valence-electron chi connectivity index (χ0n) is 6.61. The number of fused-ring (bicyclic) bond motifs is 1. The molecule has 1 aliphatic rings. The Morgan fingerprint density at radius 2 is 2.33 bits per heavy atom. The van der Waals surface area contributed by atoms with Gasteiger partial charge in [0.15, 0.2) is 0 Å². The fourth-order valence-electron chi connectivity index (χ4n) is 1.26. The van der Waals surface area contributed by atoms with Crippen molar-refractivity contribution in [1.29, 1.82) is 0 Å². The van der Waals surface area contributed by atoms with Crippen LogP contribution in [0, 0.1) is 0 Å². The van der Waals surface area contributed by atoms with E-state index < -0.39 is 10.0 Å². The van der Waals surface area contributed by atoms with Gasteiger partial charge in [-0.05, 0) is 0 Å². The highest BCUT2D eigenvalue weighted by atomic mass is 32.2. The number of nitrogens with one attached hydrogen (secondary N) is 1. The van der Waals surface area contributed by atoms with Crippen molar-refractivity contribution in [2.75, 3.05) is 6.26 Å². The van der Waals surface area contributed by atoms with Crippen LogP contribution in [-0.4, -0.2) is 29.2 Å². The van der Waals surface area contributed by atoms with Gasteiger partial charge in [0.05, 0.1) is 18.5 Å². The first-order valence-corrected chi connectivity index (χ1v) is 5.39. The highest BCUT2D eigenvalue weighted by molar-refractivity contribution is 7.88. The van der Waals surface area contributed by atoms with E-state index in [0.717, 1.165) is 11.3 Å². The van der Waals surface area contributed by atoms with Crippen molar-refractivity contribution < 1.29 is 8.42 Å². The minimum absolute atomic E-state index is 0.400. The molecule has 1 aliphatic heterocycles. The summed E-state index contributed by atoms with van der Waals surface area (Å²) in [6, 6.07) is 0. The normalized spacial score (nSPS) is 18.1. The first-order valence-electron chi connectivity index (χ1n) is 3.54. The monoisotopic (exact) mass is 187 g/mol. The summed E-state index contributed by atoms with van der Waals surface area (Å²) in [5, 5.41) is 6.63. The molecule has 0 bridgehead atoms. The van der Waals surface area contributed by atoms with Gasteiger partial charge in [-0.1, -0.05) is 0 Å². The third-order valence-electron chi connectivity index (χ3n) is 1.95. The van der Waals surface area contributed by atoms with Crippen LogP contribution in [0.25, 0.3) is 0 Å². The molecule has 0 unspecified atom stereocenters. The Hall–Kier alpha value is -0.880. The summed E-state index contributed by atoms with van der Waals surface area (Å²) in [6.07, 6.45) is 2.95. The first kappa shape index (κ1) is 7.75. The fraction of sp³-hybridized carbons (Fsp3) is 0.500. The smallest absolute Gasteiger partial charge is 0.211 e. The lowest BCUT2D eigenvalue weighted by Crippen LogP contribution is -2.24. The molecule has 2 rings (SSSR count). The zero-order chi connectivity index (χ0) is 8.77. The number of sulfonamides is 1. The topological polar surface area (TPSA) is 66.1 Å². The Labute approximate surface area is 70.4 Å². The van der Waals surface area contributed by atoms with Crippen molar-refractivity contribution in [3.8, 4) is 0 Å². The predicted molar refractivity (Wildman–Crippen MR) is 42.7 cm³/mol. The maximum absolute atomic E-state index is 11.1. The second kappa shape index (κ2) is 2.30. The molecule has 5 nitrogen and oxygen atoms in total. The zero-order valence-corrected chi connectivity index (χ0v) is 7.43. The van der Waals surface area contributed by atoms with Gasteiger partial charge in [0.2, 0.25) is 10.0 Å². The average Bonchev–Trinajstić information content (AvgIpc) is 2.37.